The van der Waals surface area contributed by atoms with Crippen molar-refractivity contribution in [3.63, 3.8) is 0 Å². The molecule has 94 valence electrons. The zero-order valence-electron chi connectivity index (χ0n) is 10.4. The molecule has 0 aliphatic carbocycles. The summed E-state index contributed by atoms with van der Waals surface area (Å²) < 4.78 is 0. The molecule has 1 atom stereocenters. The van der Waals surface area contributed by atoms with Crippen molar-refractivity contribution in [1.29, 1.82) is 0 Å². The third-order valence-electron chi connectivity index (χ3n) is 2.88. The minimum atomic E-state index is 0.0865. The molecule has 1 rings (SSSR count). The number of rotatable bonds is 6. The second-order valence-corrected chi connectivity index (χ2v) is 5.20. The molecule has 0 radical (unpaired) electrons. The summed E-state index contributed by atoms with van der Waals surface area (Å²) in [5.41, 5.74) is 6.86. The van der Waals surface area contributed by atoms with Gasteiger partial charge in [-0.25, -0.2) is 0 Å². The third kappa shape index (κ3) is 4.88. The number of ketones is 1. The largest absolute Gasteiger partial charge is 0.330 e. The van der Waals surface area contributed by atoms with E-state index in [2.05, 4.69) is 0 Å². The maximum Gasteiger partial charge on any atom is 0.135 e. The number of benzene rings is 1. The van der Waals surface area contributed by atoms with E-state index in [0.717, 1.165) is 17.0 Å². The van der Waals surface area contributed by atoms with Crippen LogP contribution >= 0.6 is 11.6 Å². The molecule has 0 heterocycles. The zero-order valence-corrected chi connectivity index (χ0v) is 11.2. The van der Waals surface area contributed by atoms with E-state index in [1.54, 1.807) is 0 Å². The van der Waals surface area contributed by atoms with Gasteiger partial charge in [0.05, 0.1) is 0 Å². The Hall–Kier alpha value is -0.860. The first-order chi connectivity index (χ1) is 8.02. The normalized spacial score (nSPS) is 12.8. The summed E-state index contributed by atoms with van der Waals surface area (Å²) in [5, 5.41) is 0.730. The molecule has 2 nitrogen and oxygen atoms in total. The molecule has 0 amide bonds. The van der Waals surface area contributed by atoms with Crippen LogP contribution in [0.2, 0.25) is 5.02 Å². The summed E-state index contributed by atoms with van der Waals surface area (Å²) >= 11 is 5.93. The average Bonchev–Trinajstić information content (AvgIpc) is 2.27. The zero-order chi connectivity index (χ0) is 12.8. The Kier molecular flexibility index (Phi) is 5.66. The minimum absolute atomic E-state index is 0.0865. The van der Waals surface area contributed by atoms with Crippen molar-refractivity contribution in [2.24, 2.45) is 17.6 Å². The van der Waals surface area contributed by atoms with Crippen LogP contribution in [0.15, 0.2) is 24.3 Å². The van der Waals surface area contributed by atoms with Gasteiger partial charge >= 0.3 is 0 Å². The highest BCUT2D eigenvalue weighted by Gasteiger charge is 2.15. The molecule has 0 aliphatic heterocycles. The van der Waals surface area contributed by atoms with E-state index in [0.29, 0.717) is 13.0 Å². The quantitative estimate of drug-likeness (QED) is 0.847. The molecule has 0 unspecified atom stereocenters. The van der Waals surface area contributed by atoms with Gasteiger partial charge in [0.15, 0.2) is 0 Å². The van der Waals surface area contributed by atoms with Gasteiger partial charge in [-0.05, 0) is 36.6 Å². The molecule has 0 fully saturated rings. The number of hydrogen-bond donors (Lipinski definition) is 1. The highest BCUT2D eigenvalue weighted by Crippen LogP contribution is 2.17. The first-order valence-electron chi connectivity index (χ1n) is 6.00. The molecule has 0 aliphatic rings. The maximum atomic E-state index is 11.7. The second-order valence-electron chi connectivity index (χ2n) is 4.76. The van der Waals surface area contributed by atoms with Gasteiger partial charge < -0.3 is 5.73 Å². The number of hydrogen-bond acceptors (Lipinski definition) is 2. The first kappa shape index (κ1) is 14.2. The van der Waals surface area contributed by atoms with Crippen LogP contribution in [0, 0.1) is 11.8 Å². The van der Waals surface area contributed by atoms with Crippen LogP contribution in [0.3, 0.4) is 0 Å². The van der Waals surface area contributed by atoms with Gasteiger partial charge in [0, 0.05) is 17.4 Å². The van der Waals surface area contributed by atoms with Crippen LogP contribution in [-0.4, -0.2) is 12.3 Å². The van der Waals surface area contributed by atoms with Crippen LogP contribution in [0.5, 0.6) is 0 Å². The molecule has 0 bridgehead atoms. The molecular weight excluding hydrogens is 234 g/mol. The SMILES string of the molecule is CC(C)C(=O)C[C@@H](CN)Cc1cccc(Cl)c1. The molecule has 2 N–H and O–H groups in total. The van der Waals surface area contributed by atoms with Gasteiger partial charge in [0.25, 0.3) is 0 Å². The van der Waals surface area contributed by atoms with Crippen molar-refractivity contribution < 1.29 is 4.79 Å². The van der Waals surface area contributed by atoms with E-state index in [1.807, 2.05) is 38.1 Å². The summed E-state index contributed by atoms with van der Waals surface area (Å²) in [6, 6.07) is 7.73. The second kappa shape index (κ2) is 6.77. The molecule has 1 aromatic carbocycles. The fourth-order valence-electron chi connectivity index (χ4n) is 1.76. The first-order valence-corrected chi connectivity index (χ1v) is 6.38. The Bertz CT molecular complexity index is 376. The van der Waals surface area contributed by atoms with Crippen molar-refractivity contribution in [2.75, 3.05) is 6.54 Å². The van der Waals surface area contributed by atoms with Gasteiger partial charge in [-0.2, -0.15) is 0 Å². The molecule has 17 heavy (non-hydrogen) atoms. The van der Waals surface area contributed by atoms with Gasteiger partial charge in [-0.1, -0.05) is 37.6 Å². The van der Waals surface area contributed by atoms with Gasteiger partial charge in [-0.15, -0.1) is 0 Å². The minimum Gasteiger partial charge on any atom is -0.330 e. The van der Waals surface area contributed by atoms with Crippen molar-refractivity contribution >= 4 is 17.4 Å². The fraction of sp³-hybridized carbons (Fsp3) is 0.500. The smallest absolute Gasteiger partial charge is 0.135 e. The van der Waals surface area contributed by atoms with Crippen molar-refractivity contribution in [2.45, 2.75) is 26.7 Å². The van der Waals surface area contributed by atoms with Crippen LogP contribution in [0.25, 0.3) is 0 Å². The Morgan fingerprint density at radius 2 is 2.12 bits per heavy atom. The molecule has 0 saturated heterocycles. The van der Waals surface area contributed by atoms with Crippen LogP contribution < -0.4 is 5.73 Å². The van der Waals surface area contributed by atoms with Crippen molar-refractivity contribution in [3.05, 3.63) is 34.9 Å². The third-order valence-corrected chi connectivity index (χ3v) is 3.12. The van der Waals surface area contributed by atoms with E-state index < -0.39 is 0 Å². The topological polar surface area (TPSA) is 43.1 Å². The molecule has 1 aromatic rings. The lowest BCUT2D eigenvalue weighted by Crippen LogP contribution is -2.22. The lowest BCUT2D eigenvalue weighted by molar-refractivity contribution is -0.122. The van der Waals surface area contributed by atoms with Crippen LogP contribution in [-0.2, 0) is 11.2 Å². The summed E-state index contributed by atoms with van der Waals surface area (Å²) in [6.45, 7) is 4.38. The van der Waals surface area contributed by atoms with E-state index in [9.17, 15) is 4.79 Å². The summed E-state index contributed by atoms with van der Waals surface area (Å²) in [4.78, 5) is 11.7. The predicted octanol–water partition coefficient (Wildman–Crippen LogP) is 3.07. The van der Waals surface area contributed by atoms with Gasteiger partial charge in [-0.3, -0.25) is 4.79 Å². The number of halogens is 1. The monoisotopic (exact) mass is 253 g/mol. The Balaban J connectivity index is 2.61. The van der Waals surface area contributed by atoms with E-state index in [4.69, 9.17) is 17.3 Å². The van der Waals surface area contributed by atoms with Crippen LogP contribution in [0.4, 0.5) is 0 Å². The van der Waals surface area contributed by atoms with Crippen LogP contribution in [0.1, 0.15) is 25.8 Å². The molecular formula is C14H20ClNO. The summed E-state index contributed by atoms with van der Waals surface area (Å²) in [7, 11) is 0. The van der Waals surface area contributed by atoms with Gasteiger partial charge in [0.1, 0.15) is 5.78 Å². The van der Waals surface area contributed by atoms with E-state index in [1.165, 1.54) is 0 Å². The highest BCUT2D eigenvalue weighted by atomic mass is 35.5. The maximum absolute atomic E-state index is 11.7. The standard InChI is InChI=1S/C14H20ClNO/c1-10(2)14(17)8-12(9-16)6-11-4-3-5-13(15)7-11/h3-5,7,10,12H,6,8-9,16H2,1-2H3/t12-/m0/s1. The highest BCUT2D eigenvalue weighted by molar-refractivity contribution is 6.30. The average molecular weight is 254 g/mol. The molecule has 0 saturated carbocycles. The predicted molar refractivity (Wildman–Crippen MR) is 72.2 cm³/mol. The number of nitrogens with two attached hydrogens (primary N) is 1. The Morgan fingerprint density at radius 3 is 2.65 bits per heavy atom. The number of carbonyl (C=O) groups is 1. The van der Waals surface area contributed by atoms with Crippen molar-refractivity contribution in [3.8, 4) is 0 Å². The lowest BCUT2D eigenvalue weighted by atomic mass is 9.91. The van der Waals surface area contributed by atoms with E-state index >= 15 is 0 Å². The molecule has 0 aromatic heterocycles. The summed E-state index contributed by atoms with van der Waals surface area (Å²) in [5.74, 6) is 0.578. The molecule has 3 heteroatoms. The number of carbonyl (C=O) groups excluding carboxylic acids is 1. The molecule has 0 spiro atoms. The number of Topliss-reactive ketones (excluding diaryl/α,β-unsaturated/α-hetero) is 1. The summed E-state index contributed by atoms with van der Waals surface area (Å²) in [6.07, 6.45) is 1.37. The Labute approximate surface area is 108 Å². The Morgan fingerprint density at radius 1 is 1.41 bits per heavy atom. The lowest BCUT2D eigenvalue weighted by Gasteiger charge is -2.15. The van der Waals surface area contributed by atoms with Crippen molar-refractivity contribution in [1.82, 2.24) is 0 Å². The fourth-order valence-corrected chi connectivity index (χ4v) is 1.97. The van der Waals surface area contributed by atoms with E-state index in [-0.39, 0.29) is 17.6 Å². The van der Waals surface area contributed by atoms with Gasteiger partial charge in [0.2, 0.25) is 0 Å².